The highest BCUT2D eigenvalue weighted by atomic mass is 19.1. The molecule has 6 unspecified atom stereocenters. The lowest BCUT2D eigenvalue weighted by Gasteiger charge is -2.51. The molecule has 2 fully saturated rings. The van der Waals surface area contributed by atoms with Gasteiger partial charge in [-0.2, -0.15) is 0 Å². The van der Waals surface area contributed by atoms with Gasteiger partial charge in [-0.05, 0) is 72.6 Å². The highest BCUT2D eigenvalue weighted by Gasteiger charge is 2.57. The summed E-state index contributed by atoms with van der Waals surface area (Å²) in [6, 6.07) is 5.41. The standard InChI is InChI=1S/C18H23FO2/c1-18-9-15(19)17-12-5-3-11(20)8-10(12)2-4-13(17)14(18)6-7-16(18)21/h3,5,8,13-17,20-21H,2,4,6-7,9H2,1H3. The third-order valence-corrected chi connectivity index (χ3v) is 6.59. The number of phenols is 1. The number of phenolic OH excluding ortho intramolecular Hbond substituents is 1. The van der Waals surface area contributed by atoms with Crippen molar-refractivity contribution in [1.82, 2.24) is 0 Å². The number of hydrogen-bond donors (Lipinski definition) is 2. The van der Waals surface area contributed by atoms with Gasteiger partial charge in [0.15, 0.2) is 0 Å². The predicted molar refractivity (Wildman–Crippen MR) is 79.0 cm³/mol. The fraction of sp³-hybridized carbons (Fsp3) is 0.667. The minimum absolute atomic E-state index is 0.0438. The van der Waals surface area contributed by atoms with Gasteiger partial charge in [0.05, 0.1) is 6.10 Å². The van der Waals surface area contributed by atoms with Crippen molar-refractivity contribution < 1.29 is 14.6 Å². The van der Waals surface area contributed by atoms with Gasteiger partial charge in [0.2, 0.25) is 0 Å². The van der Waals surface area contributed by atoms with Crippen molar-refractivity contribution in [1.29, 1.82) is 0 Å². The van der Waals surface area contributed by atoms with Crippen molar-refractivity contribution in [3.8, 4) is 5.75 Å². The number of rotatable bonds is 0. The molecular formula is C18H23FO2. The Balaban J connectivity index is 1.76. The van der Waals surface area contributed by atoms with E-state index in [9.17, 15) is 14.6 Å². The maximum absolute atomic E-state index is 15.0. The molecule has 6 atom stereocenters. The Hall–Kier alpha value is -1.09. The number of alkyl halides is 1. The van der Waals surface area contributed by atoms with E-state index in [4.69, 9.17) is 0 Å². The highest BCUT2D eigenvalue weighted by Crippen LogP contribution is 2.61. The van der Waals surface area contributed by atoms with Gasteiger partial charge in [-0.3, -0.25) is 0 Å². The Morgan fingerprint density at radius 3 is 2.86 bits per heavy atom. The summed E-state index contributed by atoms with van der Waals surface area (Å²) in [5.41, 5.74) is 1.97. The molecule has 1 aromatic carbocycles. The molecule has 3 aliphatic rings. The van der Waals surface area contributed by atoms with E-state index < -0.39 is 6.17 Å². The van der Waals surface area contributed by atoms with Gasteiger partial charge in [0.25, 0.3) is 0 Å². The summed E-state index contributed by atoms with van der Waals surface area (Å²) in [4.78, 5) is 0. The number of fused-ring (bicyclic) bond motifs is 5. The Kier molecular flexibility index (Phi) is 2.88. The van der Waals surface area contributed by atoms with Gasteiger partial charge in [-0.25, -0.2) is 4.39 Å². The van der Waals surface area contributed by atoms with Gasteiger partial charge in [-0.15, -0.1) is 0 Å². The highest BCUT2D eigenvalue weighted by molar-refractivity contribution is 5.41. The average Bonchev–Trinajstić information content (AvgIpc) is 2.74. The molecule has 0 saturated heterocycles. The smallest absolute Gasteiger partial charge is 0.115 e. The second-order valence-corrected chi connectivity index (χ2v) is 7.54. The summed E-state index contributed by atoms with van der Waals surface area (Å²) in [6.45, 7) is 2.09. The molecule has 114 valence electrons. The fourth-order valence-electron chi connectivity index (χ4n) is 5.56. The first-order valence-corrected chi connectivity index (χ1v) is 8.14. The summed E-state index contributed by atoms with van der Waals surface area (Å²) in [5.74, 6) is 1.01. The fourth-order valence-corrected chi connectivity index (χ4v) is 5.56. The maximum atomic E-state index is 15.0. The number of hydrogen-bond acceptors (Lipinski definition) is 2. The number of benzene rings is 1. The van der Waals surface area contributed by atoms with Gasteiger partial charge in [0, 0.05) is 5.92 Å². The molecule has 2 N–H and O–H groups in total. The van der Waals surface area contributed by atoms with E-state index >= 15 is 0 Å². The van der Waals surface area contributed by atoms with E-state index in [-0.39, 0.29) is 23.2 Å². The number of aliphatic hydroxyl groups is 1. The third-order valence-electron chi connectivity index (χ3n) is 6.59. The molecule has 21 heavy (non-hydrogen) atoms. The molecule has 0 aliphatic heterocycles. The Morgan fingerprint density at radius 2 is 2.05 bits per heavy atom. The lowest BCUT2D eigenvalue weighted by Crippen LogP contribution is -2.48. The number of aromatic hydroxyl groups is 1. The van der Waals surface area contributed by atoms with Crippen LogP contribution >= 0.6 is 0 Å². The van der Waals surface area contributed by atoms with Crippen molar-refractivity contribution in [2.45, 2.75) is 57.2 Å². The first-order chi connectivity index (χ1) is 10.0. The Morgan fingerprint density at radius 1 is 1.24 bits per heavy atom. The van der Waals surface area contributed by atoms with Crippen molar-refractivity contribution in [2.75, 3.05) is 0 Å². The minimum Gasteiger partial charge on any atom is -0.508 e. The van der Waals surface area contributed by atoms with Crippen LogP contribution in [-0.4, -0.2) is 22.5 Å². The van der Waals surface area contributed by atoms with Gasteiger partial charge >= 0.3 is 0 Å². The summed E-state index contributed by atoms with van der Waals surface area (Å²) in [7, 11) is 0. The van der Waals surface area contributed by atoms with Crippen molar-refractivity contribution in [3.05, 3.63) is 29.3 Å². The molecule has 2 saturated carbocycles. The topological polar surface area (TPSA) is 40.5 Å². The minimum atomic E-state index is -0.882. The molecule has 0 aromatic heterocycles. The quantitative estimate of drug-likeness (QED) is 0.767. The Bertz CT molecular complexity index is 572. The van der Waals surface area contributed by atoms with Gasteiger partial charge < -0.3 is 10.2 Å². The number of aliphatic hydroxyl groups excluding tert-OH is 1. The molecule has 0 radical (unpaired) electrons. The van der Waals surface area contributed by atoms with Crippen LogP contribution in [0.2, 0.25) is 0 Å². The van der Waals surface area contributed by atoms with E-state index in [2.05, 4.69) is 6.92 Å². The van der Waals surface area contributed by atoms with Crippen molar-refractivity contribution in [2.24, 2.45) is 17.3 Å². The Labute approximate surface area is 125 Å². The van der Waals surface area contributed by atoms with Gasteiger partial charge in [0.1, 0.15) is 11.9 Å². The van der Waals surface area contributed by atoms with Crippen LogP contribution in [0.15, 0.2) is 18.2 Å². The zero-order valence-electron chi connectivity index (χ0n) is 12.4. The number of halogens is 1. The van der Waals surface area contributed by atoms with E-state index in [0.29, 0.717) is 18.3 Å². The van der Waals surface area contributed by atoms with E-state index in [1.54, 1.807) is 12.1 Å². The SMILES string of the molecule is CC12CC(F)C3c4ccc(O)cc4CCC3C1CCC2O. The first-order valence-electron chi connectivity index (χ1n) is 8.14. The van der Waals surface area contributed by atoms with Crippen LogP contribution in [0.1, 0.15) is 49.7 Å². The molecular weight excluding hydrogens is 267 g/mol. The molecule has 4 rings (SSSR count). The number of aryl methyl sites for hydroxylation is 1. The lowest BCUT2D eigenvalue weighted by molar-refractivity contribution is -0.0559. The van der Waals surface area contributed by atoms with Crippen LogP contribution in [-0.2, 0) is 6.42 Å². The second-order valence-electron chi connectivity index (χ2n) is 7.54. The zero-order valence-corrected chi connectivity index (χ0v) is 12.4. The second kappa shape index (κ2) is 4.45. The molecule has 0 spiro atoms. The summed E-state index contributed by atoms with van der Waals surface area (Å²) in [6.07, 6.45) is 2.99. The van der Waals surface area contributed by atoms with Crippen molar-refractivity contribution in [3.63, 3.8) is 0 Å². The summed E-state index contributed by atoms with van der Waals surface area (Å²) < 4.78 is 15.0. The first kappa shape index (κ1) is 13.6. The van der Waals surface area contributed by atoms with Crippen LogP contribution in [0.3, 0.4) is 0 Å². The predicted octanol–water partition coefficient (Wildman–Crippen LogP) is 3.56. The monoisotopic (exact) mass is 290 g/mol. The average molecular weight is 290 g/mol. The van der Waals surface area contributed by atoms with Crippen LogP contribution in [0, 0.1) is 17.3 Å². The molecule has 0 bridgehead atoms. The van der Waals surface area contributed by atoms with Gasteiger partial charge in [-0.1, -0.05) is 13.0 Å². The largest absolute Gasteiger partial charge is 0.508 e. The maximum Gasteiger partial charge on any atom is 0.115 e. The van der Waals surface area contributed by atoms with Crippen molar-refractivity contribution >= 4 is 0 Å². The van der Waals surface area contributed by atoms with E-state index in [0.717, 1.165) is 36.8 Å². The normalized spacial score (nSPS) is 44.8. The van der Waals surface area contributed by atoms with Crippen LogP contribution in [0.5, 0.6) is 5.75 Å². The summed E-state index contributed by atoms with van der Waals surface area (Å²) in [5, 5.41) is 20.0. The molecule has 0 heterocycles. The zero-order chi connectivity index (χ0) is 14.8. The van der Waals surface area contributed by atoms with Crippen LogP contribution < -0.4 is 0 Å². The molecule has 3 aliphatic carbocycles. The van der Waals surface area contributed by atoms with E-state index in [1.807, 2.05) is 6.07 Å². The molecule has 3 heteroatoms. The summed E-state index contributed by atoms with van der Waals surface area (Å²) >= 11 is 0. The van der Waals surface area contributed by atoms with Crippen LogP contribution in [0.4, 0.5) is 4.39 Å². The lowest BCUT2D eigenvalue weighted by atomic mass is 9.54. The van der Waals surface area contributed by atoms with Crippen LogP contribution in [0.25, 0.3) is 0 Å². The third kappa shape index (κ3) is 1.79. The van der Waals surface area contributed by atoms with E-state index in [1.165, 1.54) is 0 Å². The molecule has 2 nitrogen and oxygen atoms in total. The molecule has 1 aromatic rings. The molecule has 0 amide bonds.